The second-order valence-electron chi connectivity index (χ2n) is 6.02. The molecule has 0 aromatic carbocycles. The number of nitrogens with zero attached hydrogens (tertiary/aromatic N) is 1. The molecule has 1 saturated carbocycles. The summed E-state index contributed by atoms with van der Waals surface area (Å²) in [5, 5.41) is 0. The van der Waals surface area contributed by atoms with E-state index in [0.29, 0.717) is 0 Å². The SMILES string of the molecule is C[C@@H]1C[C@@H]2CC1CN2COC(C)(C)C. The van der Waals surface area contributed by atoms with Crippen LogP contribution in [0.2, 0.25) is 0 Å². The molecule has 1 aliphatic heterocycles. The Labute approximate surface area is 87.6 Å². The molecule has 0 aromatic heterocycles. The van der Waals surface area contributed by atoms with E-state index in [4.69, 9.17) is 4.74 Å². The van der Waals surface area contributed by atoms with E-state index in [1.165, 1.54) is 19.4 Å². The first-order valence-corrected chi connectivity index (χ1v) is 5.84. The molecule has 14 heavy (non-hydrogen) atoms. The molecule has 0 N–H and O–H groups in total. The zero-order valence-electron chi connectivity index (χ0n) is 9.92. The van der Waals surface area contributed by atoms with Gasteiger partial charge in [0, 0.05) is 12.6 Å². The molecule has 3 atom stereocenters. The zero-order chi connectivity index (χ0) is 10.3. The quantitative estimate of drug-likeness (QED) is 0.674. The largest absolute Gasteiger partial charge is 0.360 e. The highest BCUT2D eigenvalue weighted by Gasteiger charge is 2.42. The second-order valence-corrected chi connectivity index (χ2v) is 6.02. The van der Waals surface area contributed by atoms with Gasteiger partial charge in [-0.3, -0.25) is 4.90 Å². The molecule has 0 spiro atoms. The van der Waals surface area contributed by atoms with Crippen LogP contribution in [0.25, 0.3) is 0 Å². The summed E-state index contributed by atoms with van der Waals surface area (Å²) in [7, 11) is 0. The van der Waals surface area contributed by atoms with E-state index >= 15 is 0 Å². The molecule has 1 saturated heterocycles. The Hall–Kier alpha value is -0.0800. The van der Waals surface area contributed by atoms with Crippen molar-refractivity contribution in [2.24, 2.45) is 11.8 Å². The third kappa shape index (κ3) is 2.12. The minimum atomic E-state index is 0.00739. The standard InChI is InChI=1S/C12H23NO/c1-9-5-11-6-10(9)7-13(11)8-14-12(2,3)4/h9-11H,5-8H2,1-4H3/t9-,10?,11-/m1/s1. The minimum Gasteiger partial charge on any atom is -0.360 e. The van der Waals surface area contributed by atoms with E-state index in [-0.39, 0.29) is 5.60 Å². The number of rotatable bonds is 2. The number of likely N-dealkylation sites (tertiary alicyclic amines) is 1. The number of hydrogen-bond acceptors (Lipinski definition) is 2. The first-order chi connectivity index (χ1) is 6.46. The summed E-state index contributed by atoms with van der Waals surface area (Å²) in [5.74, 6) is 1.90. The van der Waals surface area contributed by atoms with Crippen LogP contribution in [0, 0.1) is 11.8 Å². The monoisotopic (exact) mass is 197 g/mol. The lowest BCUT2D eigenvalue weighted by atomic mass is 9.97. The summed E-state index contributed by atoms with van der Waals surface area (Å²) in [4.78, 5) is 2.52. The van der Waals surface area contributed by atoms with Crippen LogP contribution < -0.4 is 0 Å². The van der Waals surface area contributed by atoms with Gasteiger partial charge in [0.2, 0.25) is 0 Å². The van der Waals surface area contributed by atoms with Gasteiger partial charge in [0.1, 0.15) is 0 Å². The van der Waals surface area contributed by atoms with E-state index in [2.05, 4.69) is 32.6 Å². The topological polar surface area (TPSA) is 12.5 Å². The van der Waals surface area contributed by atoms with Crippen molar-refractivity contribution in [2.75, 3.05) is 13.3 Å². The normalized spacial score (nSPS) is 38.1. The molecule has 2 aliphatic rings. The molecule has 0 amide bonds. The van der Waals surface area contributed by atoms with Crippen molar-refractivity contribution >= 4 is 0 Å². The summed E-state index contributed by atoms with van der Waals surface area (Å²) in [6, 6.07) is 0.817. The highest BCUT2D eigenvalue weighted by atomic mass is 16.5. The van der Waals surface area contributed by atoms with Crippen molar-refractivity contribution in [1.82, 2.24) is 4.90 Å². The van der Waals surface area contributed by atoms with Crippen LogP contribution >= 0.6 is 0 Å². The molecule has 0 radical (unpaired) electrons. The van der Waals surface area contributed by atoms with Gasteiger partial charge in [0.05, 0.1) is 12.3 Å². The smallest absolute Gasteiger partial charge is 0.0999 e. The molecule has 2 bridgehead atoms. The molecular formula is C12H23NO. The van der Waals surface area contributed by atoms with Gasteiger partial charge in [-0.2, -0.15) is 0 Å². The molecule has 2 heteroatoms. The number of fused-ring (bicyclic) bond motifs is 2. The maximum atomic E-state index is 5.83. The third-order valence-corrected chi connectivity index (χ3v) is 3.67. The van der Waals surface area contributed by atoms with E-state index in [9.17, 15) is 0 Å². The average Bonchev–Trinajstić information content (AvgIpc) is 2.57. The van der Waals surface area contributed by atoms with Crippen molar-refractivity contribution in [3.05, 3.63) is 0 Å². The number of ether oxygens (including phenoxy) is 1. The summed E-state index contributed by atoms with van der Waals surface area (Å²) in [6.45, 7) is 10.9. The molecule has 2 rings (SSSR count). The molecule has 1 aliphatic carbocycles. The van der Waals surface area contributed by atoms with Crippen LogP contribution in [0.5, 0.6) is 0 Å². The molecule has 2 nitrogen and oxygen atoms in total. The van der Waals surface area contributed by atoms with Crippen molar-refractivity contribution in [3.8, 4) is 0 Å². The highest BCUT2D eigenvalue weighted by molar-refractivity contribution is 4.94. The van der Waals surface area contributed by atoms with E-state index in [0.717, 1.165) is 24.6 Å². The average molecular weight is 197 g/mol. The van der Waals surface area contributed by atoms with Gasteiger partial charge in [-0.1, -0.05) is 6.92 Å². The minimum absolute atomic E-state index is 0.00739. The Morgan fingerprint density at radius 2 is 2.00 bits per heavy atom. The fraction of sp³-hybridized carbons (Fsp3) is 1.00. The van der Waals surface area contributed by atoms with Crippen molar-refractivity contribution in [2.45, 2.75) is 52.2 Å². The van der Waals surface area contributed by atoms with E-state index in [1.807, 2.05) is 0 Å². The Bertz CT molecular complexity index is 207. The zero-order valence-corrected chi connectivity index (χ0v) is 9.92. The second kappa shape index (κ2) is 3.49. The van der Waals surface area contributed by atoms with Crippen LogP contribution in [0.4, 0.5) is 0 Å². The summed E-state index contributed by atoms with van der Waals surface area (Å²) in [5.41, 5.74) is 0.00739. The fourth-order valence-corrected chi connectivity index (χ4v) is 2.74. The molecule has 2 fully saturated rings. The Morgan fingerprint density at radius 1 is 1.29 bits per heavy atom. The van der Waals surface area contributed by atoms with Crippen molar-refractivity contribution < 1.29 is 4.74 Å². The van der Waals surface area contributed by atoms with Crippen LogP contribution in [-0.4, -0.2) is 29.8 Å². The lowest BCUT2D eigenvalue weighted by Gasteiger charge is -2.32. The predicted molar refractivity (Wildman–Crippen MR) is 58.1 cm³/mol. The Kier molecular flexibility index (Phi) is 2.61. The first-order valence-electron chi connectivity index (χ1n) is 5.84. The van der Waals surface area contributed by atoms with Gasteiger partial charge in [-0.25, -0.2) is 0 Å². The Balaban J connectivity index is 1.80. The lowest BCUT2D eigenvalue weighted by Crippen LogP contribution is -2.39. The fourth-order valence-electron chi connectivity index (χ4n) is 2.74. The van der Waals surface area contributed by atoms with Crippen molar-refractivity contribution in [3.63, 3.8) is 0 Å². The van der Waals surface area contributed by atoms with E-state index in [1.54, 1.807) is 0 Å². The number of piperidine rings is 1. The molecule has 1 heterocycles. The third-order valence-electron chi connectivity index (χ3n) is 3.67. The van der Waals surface area contributed by atoms with Gasteiger partial charge in [-0.05, 0) is 45.4 Å². The number of hydrogen-bond donors (Lipinski definition) is 0. The van der Waals surface area contributed by atoms with Gasteiger partial charge in [0.25, 0.3) is 0 Å². The molecule has 1 unspecified atom stereocenters. The van der Waals surface area contributed by atoms with Gasteiger partial charge < -0.3 is 4.74 Å². The van der Waals surface area contributed by atoms with Gasteiger partial charge >= 0.3 is 0 Å². The van der Waals surface area contributed by atoms with Crippen LogP contribution in [0.15, 0.2) is 0 Å². The van der Waals surface area contributed by atoms with Crippen LogP contribution in [-0.2, 0) is 4.74 Å². The maximum Gasteiger partial charge on any atom is 0.0999 e. The predicted octanol–water partition coefficient (Wildman–Crippen LogP) is 2.49. The Morgan fingerprint density at radius 3 is 2.43 bits per heavy atom. The summed E-state index contributed by atoms with van der Waals surface area (Å²) >= 11 is 0. The maximum absolute atomic E-state index is 5.83. The summed E-state index contributed by atoms with van der Waals surface area (Å²) in [6.07, 6.45) is 2.80. The van der Waals surface area contributed by atoms with Gasteiger partial charge in [0.15, 0.2) is 0 Å². The van der Waals surface area contributed by atoms with Gasteiger partial charge in [-0.15, -0.1) is 0 Å². The summed E-state index contributed by atoms with van der Waals surface area (Å²) < 4.78 is 5.83. The molecule has 82 valence electrons. The van der Waals surface area contributed by atoms with E-state index < -0.39 is 0 Å². The van der Waals surface area contributed by atoms with Crippen molar-refractivity contribution in [1.29, 1.82) is 0 Å². The molecular weight excluding hydrogens is 174 g/mol. The highest BCUT2D eigenvalue weighted by Crippen LogP contribution is 2.41. The van der Waals surface area contributed by atoms with Crippen LogP contribution in [0.1, 0.15) is 40.5 Å². The lowest BCUT2D eigenvalue weighted by molar-refractivity contribution is -0.0741. The molecule has 0 aromatic rings. The van der Waals surface area contributed by atoms with Crippen LogP contribution in [0.3, 0.4) is 0 Å². The first kappa shape index (κ1) is 10.4.